The number of amides is 1. The molecule has 0 aliphatic heterocycles. The average Bonchev–Trinajstić information content (AvgIpc) is 3.13. The molecule has 1 N–H and O–H groups in total. The molecular formula is C18H25N3O5S. The summed E-state index contributed by atoms with van der Waals surface area (Å²) in [6, 6.07) is -0.928. The Hall–Kier alpha value is -2.42. The molecule has 0 fully saturated rings. The summed E-state index contributed by atoms with van der Waals surface area (Å²) in [5, 5.41) is 4.99. The highest BCUT2D eigenvalue weighted by atomic mass is 32.1. The number of hydrogen-bond acceptors (Lipinski definition) is 8. The van der Waals surface area contributed by atoms with Crippen LogP contribution in [0.1, 0.15) is 46.6 Å². The van der Waals surface area contributed by atoms with E-state index in [0.29, 0.717) is 16.6 Å². The van der Waals surface area contributed by atoms with Gasteiger partial charge in [0.2, 0.25) is 5.89 Å². The third-order valence-corrected chi connectivity index (χ3v) is 3.84. The normalized spacial score (nSPS) is 13.1. The Morgan fingerprint density at radius 1 is 1.19 bits per heavy atom. The van der Waals surface area contributed by atoms with Crippen molar-refractivity contribution in [1.82, 2.24) is 15.3 Å². The first-order valence-corrected chi connectivity index (χ1v) is 9.37. The smallest absolute Gasteiger partial charge is 0.408 e. The molecule has 148 valence electrons. The molecule has 2 rings (SSSR count). The van der Waals surface area contributed by atoms with Gasteiger partial charge in [-0.2, -0.15) is 0 Å². The molecule has 2 aromatic heterocycles. The van der Waals surface area contributed by atoms with Gasteiger partial charge in [0, 0.05) is 11.8 Å². The second-order valence-electron chi connectivity index (χ2n) is 7.90. The van der Waals surface area contributed by atoms with Gasteiger partial charge in [0.05, 0.1) is 11.2 Å². The number of nitrogens with zero attached hydrogens (tertiary/aromatic N) is 2. The quantitative estimate of drug-likeness (QED) is 0.772. The van der Waals surface area contributed by atoms with Crippen LogP contribution in [0, 0.1) is 0 Å². The number of rotatable bonds is 5. The summed E-state index contributed by atoms with van der Waals surface area (Å²) >= 11 is 1.34. The highest BCUT2D eigenvalue weighted by Crippen LogP contribution is 2.22. The Balaban J connectivity index is 2.14. The molecule has 0 saturated heterocycles. The van der Waals surface area contributed by atoms with Crippen LogP contribution in [0.5, 0.6) is 0 Å². The first-order valence-electron chi connectivity index (χ1n) is 8.49. The van der Waals surface area contributed by atoms with E-state index in [1.165, 1.54) is 23.8 Å². The van der Waals surface area contributed by atoms with E-state index < -0.39 is 29.3 Å². The maximum atomic E-state index is 12.6. The van der Waals surface area contributed by atoms with Crippen molar-refractivity contribution in [3.05, 3.63) is 22.8 Å². The number of esters is 1. The van der Waals surface area contributed by atoms with Crippen LogP contribution in [0.3, 0.4) is 0 Å². The summed E-state index contributed by atoms with van der Waals surface area (Å²) in [4.78, 5) is 33.2. The molecule has 2 heterocycles. The number of oxazole rings is 1. The van der Waals surface area contributed by atoms with Gasteiger partial charge in [-0.3, -0.25) is 0 Å². The molecule has 0 aliphatic carbocycles. The van der Waals surface area contributed by atoms with Gasteiger partial charge >= 0.3 is 12.1 Å². The van der Waals surface area contributed by atoms with Crippen molar-refractivity contribution in [2.75, 3.05) is 0 Å². The number of aromatic nitrogens is 2. The minimum absolute atomic E-state index is 0.166. The number of carbonyl (C=O) groups excluding carboxylic acids is 2. The molecule has 0 saturated carbocycles. The number of thiazole rings is 1. The number of hydrogen-bond donors (Lipinski definition) is 1. The van der Waals surface area contributed by atoms with Crippen LogP contribution in [0.4, 0.5) is 4.79 Å². The zero-order valence-electron chi connectivity index (χ0n) is 16.4. The molecule has 0 aliphatic rings. The van der Waals surface area contributed by atoms with E-state index in [1.807, 2.05) is 0 Å². The van der Waals surface area contributed by atoms with Crippen LogP contribution in [-0.2, 0) is 20.7 Å². The first kappa shape index (κ1) is 20.9. The maximum absolute atomic E-state index is 12.6. The van der Waals surface area contributed by atoms with E-state index in [9.17, 15) is 9.59 Å². The number of alkyl carbamates (subject to hydrolysis) is 1. The molecule has 0 aromatic carbocycles. The zero-order chi connectivity index (χ0) is 20.2. The van der Waals surface area contributed by atoms with Crippen LogP contribution in [0.25, 0.3) is 11.6 Å². The van der Waals surface area contributed by atoms with Crippen molar-refractivity contribution in [3.63, 3.8) is 0 Å². The Morgan fingerprint density at radius 3 is 2.41 bits per heavy atom. The molecule has 0 spiro atoms. The summed E-state index contributed by atoms with van der Waals surface area (Å²) in [6.45, 7) is 10.5. The van der Waals surface area contributed by atoms with E-state index in [2.05, 4.69) is 15.3 Å². The van der Waals surface area contributed by atoms with Crippen LogP contribution in [0.15, 0.2) is 22.3 Å². The van der Waals surface area contributed by atoms with Crippen LogP contribution in [-0.4, -0.2) is 39.3 Å². The fourth-order valence-electron chi connectivity index (χ4n) is 2.04. The predicted molar refractivity (Wildman–Crippen MR) is 100 cm³/mol. The number of nitrogens with one attached hydrogen (secondary N) is 1. The lowest BCUT2D eigenvalue weighted by molar-refractivity contribution is -0.157. The van der Waals surface area contributed by atoms with Gasteiger partial charge in [-0.05, 0) is 41.5 Å². The third kappa shape index (κ3) is 7.01. The van der Waals surface area contributed by atoms with Crippen molar-refractivity contribution in [2.45, 2.75) is 65.2 Å². The van der Waals surface area contributed by atoms with E-state index in [0.717, 1.165) is 0 Å². The molecular weight excluding hydrogens is 370 g/mol. The first-order chi connectivity index (χ1) is 12.4. The summed E-state index contributed by atoms with van der Waals surface area (Å²) in [7, 11) is 0. The van der Waals surface area contributed by atoms with E-state index in [-0.39, 0.29) is 6.42 Å². The molecule has 1 atom stereocenters. The Morgan fingerprint density at radius 2 is 1.85 bits per heavy atom. The fraction of sp³-hybridized carbons (Fsp3) is 0.556. The van der Waals surface area contributed by atoms with E-state index in [4.69, 9.17) is 13.9 Å². The number of carbonyl (C=O) groups is 2. The van der Waals surface area contributed by atoms with Crippen LogP contribution in [0.2, 0.25) is 0 Å². The minimum Gasteiger partial charge on any atom is -0.458 e. The average molecular weight is 395 g/mol. The summed E-state index contributed by atoms with van der Waals surface area (Å²) in [5.41, 5.74) is -0.793. The molecule has 8 nitrogen and oxygen atoms in total. The topological polar surface area (TPSA) is 104 Å². The van der Waals surface area contributed by atoms with Gasteiger partial charge in [0.15, 0.2) is 0 Å². The van der Waals surface area contributed by atoms with Gasteiger partial charge in [-0.1, -0.05) is 0 Å². The third-order valence-electron chi connectivity index (χ3n) is 2.96. The Kier molecular flexibility index (Phi) is 6.25. The lowest BCUT2D eigenvalue weighted by Crippen LogP contribution is -2.47. The zero-order valence-corrected chi connectivity index (χ0v) is 17.2. The van der Waals surface area contributed by atoms with Crippen LogP contribution < -0.4 is 5.32 Å². The highest BCUT2D eigenvalue weighted by molar-refractivity contribution is 7.09. The standard InChI is InChI=1S/C18H25N3O5S/c1-17(2,3)25-15(22)11(21-16(23)26-18(4,5)6)9-13-20-12(10-27-13)14-19-7-8-24-14/h7-8,10-11H,9H2,1-6H3,(H,21,23). The second-order valence-corrected chi connectivity index (χ2v) is 8.84. The Labute approximate surface area is 162 Å². The largest absolute Gasteiger partial charge is 0.458 e. The summed E-state index contributed by atoms with van der Waals surface area (Å²) in [5.74, 6) is -0.160. The number of ether oxygens (including phenoxy) is 2. The SMILES string of the molecule is CC(C)(C)OC(=O)NC(Cc1nc(-c2ncco2)cs1)C(=O)OC(C)(C)C. The summed E-state index contributed by atoms with van der Waals surface area (Å²) in [6.07, 6.45) is 2.46. The molecule has 1 unspecified atom stereocenters. The Bertz CT molecular complexity index is 772. The fourth-order valence-corrected chi connectivity index (χ4v) is 2.86. The van der Waals surface area contributed by atoms with E-state index in [1.54, 1.807) is 46.9 Å². The lowest BCUT2D eigenvalue weighted by atomic mass is 10.1. The van der Waals surface area contributed by atoms with E-state index >= 15 is 0 Å². The van der Waals surface area contributed by atoms with Gasteiger partial charge in [-0.15, -0.1) is 11.3 Å². The summed E-state index contributed by atoms with van der Waals surface area (Å²) < 4.78 is 15.9. The van der Waals surface area contributed by atoms with Crippen molar-refractivity contribution in [1.29, 1.82) is 0 Å². The highest BCUT2D eigenvalue weighted by Gasteiger charge is 2.30. The van der Waals surface area contributed by atoms with Crippen molar-refractivity contribution in [3.8, 4) is 11.6 Å². The molecule has 0 radical (unpaired) electrons. The molecule has 9 heteroatoms. The van der Waals surface area contributed by atoms with Crippen LogP contribution >= 0.6 is 11.3 Å². The van der Waals surface area contributed by atoms with Crippen molar-refractivity contribution in [2.24, 2.45) is 0 Å². The minimum atomic E-state index is -0.928. The van der Waals surface area contributed by atoms with Crippen molar-refractivity contribution >= 4 is 23.4 Å². The van der Waals surface area contributed by atoms with Gasteiger partial charge in [-0.25, -0.2) is 19.6 Å². The second kappa shape index (κ2) is 8.08. The predicted octanol–water partition coefficient (Wildman–Crippen LogP) is 3.58. The van der Waals surface area contributed by atoms with Gasteiger partial charge in [0.1, 0.15) is 29.2 Å². The van der Waals surface area contributed by atoms with Gasteiger partial charge in [0.25, 0.3) is 0 Å². The molecule has 0 bridgehead atoms. The lowest BCUT2D eigenvalue weighted by Gasteiger charge is -2.25. The van der Waals surface area contributed by atoms with Gasteiger partial charge < -0.3 is 19.2 Å². The maximum Gasteiger partial charge on any atom is 0.408 e. The molecule has 27 heavy (non-hydrogen) atoms. The monoisotopic (exact) mass is 395 g/mol. The molecule has 2 aromatic rings. The molecule has 1 amide bonds. The van der Waals surface area contributed by atoms with Crippen molar-refractivity contribution < 1.29 is 23.5 Å².